The van der Waals surface area contributed by atoms with E-state index in [9.17, 15) is 4.79 Å². The Bertz CT molecular complexity index is 752. The maximum Gasteiger partial charge on any atom is 0.335 e. The first-order valence-corrected chi connectivity index (χ1v) is 5.97. The van der Waals surface area contributed by atoms with Gasteiger partial charge in [0, 0.05) is 0 Å². The third-order valence-electron chi connectivity index (χ3n) is 2.73. The number of nitrogens with zero attached hydrogens (tertiary/aromatic N) is 4. The largest absolute Gasteiger partial charge is 0.492 e. The van der Waals surface area contributed by atoms with Gasteiger partial charge >= 0.3 is 5.97 Å². The fourth-order valence-corrected chi connectivity index (χ4v) is 1.73. The second-order valence-electron chi connectivity index (χ2n) is 4.04. The smallest absolute Gasteiger partial charge is 0.335 e. The van der Waals surface area contributed by atoms with Crippen molar-refractivity contribution in [2.24, 2.45) is 0 Å². The molecular weight excluding hydrogens is 272 g/mol. The summed E-state index contributed by atoms with van der Waals surface area (Å²) >= 11 is 0. The zero-order valence-electron chi connectivity index (χ0n) is 10.9. The normalized spacial score (nSPS) is 9.62. The van der Waals surface area contributed by atoms with Crippen LogP contribution in [0.4, 0.5) is 0 Å². The van der Waals surface area contributed by atoms with Crippen molar-refractivity contribution in [2.75, 3.05) is 6.61 Å². The molecule has 0 aliphatic heterocycles. The minimum atomic E-state index is -1.03. The summed E-state index contributed by atoms with van der Waals surface area (Å²) in [5, 5.41) is 26.6. The van der Waals surface area contributed by atoms with Crippen LogP contribution in [0.3, 0.4) is 0 Å². The van der Waals surface area contributed by atoms with Crippen LogP contribution in [0.1, 0.15) is 21.7 Å². The lowest BCUT2D eigenvalue weighted by atomic mass is 10.2. The molecule has 104 valence electrons. The number of benzene rings is 1. The van der Waals surface area contributed by atoms with Crippen molar-refractivity contribution in [1.29, 1.82) is 10.5 Å². The lowest BCUT2D eigenvalue weighted by Crippen LogP contribution is -2.09. The molecule has 0 aliphatic carbocycles. The van der Waals surface area contributed by atoms with Crippen LogP contribution in [0.5, 0.6) is 5.75 Å². The van der Waals surface area contributed by atoms with Gasteiger partial charge in [-0.05, 0) is 18.2 Å². The van der Waals surface area contributed by atoms with Crippen molar-refractivity contribution < 1.29 is 14.6 Å². The summed E-state index contributed by atoms with van der Waals surface area (Å²) in [7, 11) is 0. The van der Waals surface area contributed by atoms with Crippen molar-refractivity contribution in [3.05, 3.63) is 47.5 Å². The van der Waals surface area contributed by atoms with Gasteiger partial charge in [-0.2, -0.15) is 10.5 Å². The third-order valence-corrected chi connectivity index (χ3v) is 2.73. The van der Waals surface area contributed by atoms with E-state index in [2.05, 4.69) is 4.98 Å². The lowest BCUT2D eigenvalue weighted by molar-refractivity contribution is 0.0696. The van der Waals surface area contributed by atoms with Crippen LogP contribution < -0.4 is 4.74 Å². The van der Waals surface area contributed by atoms with Crippen molar-refractivity contribution in [3.8, 4) is 17.9 Å². The average Bonchev–Trinajstić information content (AvgIpc) is 2.89. The predicted molar refractivity (Wildman–Crippen MR) is 70.6 cm³/mol. The Hall–Kier alpha value is -3.32. The second kappa shape index (κ2) is 6.22. The van der Waals surface area contributed by atoms with Gasteiger partial charge in [0.05, 0.1) is 18.4 Å². The molecule has 0 amide bonds. The van der Waals surface area contributed by atoms with E-state index in [0.29, 0.717) is 12.3 Å². The fraction of sp³-hybridized carbons (Fsp3) is 0.143. The molecule has 2 rings (SSSR count). The number of rotatable bonds is 5. The number of aromatic nitrogens is 2. The average molecular weight is 282 g/mol. The molecule has 0 aliphatic rings. The number of hydrogen-bond acceptors (Lipinski definition) is 5. The maximum atomic E-state index is 10.8. The van der Waals surface area contributed by atoms with Gasteiger partial charge in [-0.3, -0.25) is 0 Å². The van der Waals surface area contributed by atoms with Crippen LogP contribution in [0.25, 0.3) is 0 Å². The van der Waals surface area contributed by atoms with Crippen molar-refractivity contribution in [1.82, 2.24) is 9.55 Å². The molecule has 0 fully saturated rings. The number of imidazole rings is 1. The van der Waals surface area contributed by atoms with Crippen LogP contribution in [0, 0.1) is 22.7 Å². The monoisotopic (exact) mass is 282 g/mol. The summed E-state index contributed by atoms with van der Waals surface area (Å²) in [4.78, 5) is 14.6. The van der Waals surface area contributed by atoms with Crippen LogP contribution in [-0.2, 0) is 6.54 Å². The molecule has 0 bridgehead atoms. The summed E-state index contributed by atoms with van der Waals surface area (Å²) in [6.45, 7) is 0.549. The molecule has 0 atom stereocenters. The van der Waals surface area contributed by atoms with Crippen LogP contribution >= 0.6 is 0 Å². The lowest BCUT2D eigenvalue weighted by Gasteiger charge is -2.08. The number of hydrogen-bond donors (Lipinski definition) is 1. The Kier molecular flexibility index (Phi) is 4.17. The standard InChI is InChI=1S/C14H10N4O3/c15-7-12-13(8-16)18(9-17-12)4-5-21-11-3-1-2-10(6-11)14(19)20/h1-3,6,9H,4-5H2,(H,19,20). The van der Waals surface area contributed by atoms with Gasteiger partial charge in [0.1, 0.15) is 24.5 Å². The summed E-state index contributed by atoms with van der Waals surface area (Å²) in [5.41, 5.74) is 0.394. The number of aromatic carboxylic acids is 1. The predicted octanol–water partition coefficient (Wildman–Crippen LogP) is 1.40. The molecular formula is C14H10N4O3. The molecule has 1 heterocycles. The van der Waals surface area contributed by atoms with Gasteiger partial charge in [0.15, 0.2) is 11.4 Å². The van der Waals surface area contributed by atoms with Crippen LogP contribution in [-0.4, -0.2) is 27.2 Å². The summed E-state index contributed by atoms with van der Waals surface area (Å²) in [5.74, 6) is -0.602. The zero-order valence-corrected chi connectivity index (χ0v) is 10.9. The van der Waals surface area contributed by atoms with E-state index in [4.69, 9.17) is 20.4 Å². The quantitative estimate of drug-likeness (QED) is 0.887. The molecule has 0 saturated heterocycles. The fourth-order valence-electron chi connectivity index (χ4n) is 1.73. The Labute approximate surface area is 120 Å². The van der Waals surface area contributed by atoms with E-state index in [1.54, 1.807) is 12.1 Å². The van der Waals surface area contributed by atoms with E-state index < -0.39 is 5.97 Å². The molecule has 1 aromatic carbocycles. The Morgan fingerprint density at radius 2 is 2.19 bits per heavy atom. The molecule has 1 aromatic heterocycles. The van der Waals surface area contributed by atoms with E-state index in [-0.39, 0.29) is 23.6 Å². The Morgan fingerprint density at radius 1 is 1.38 bits per heavy atom. The molecule has 0 spiro atoms. The molecule has 1 N–H and O–H groups in total. The molecule has 0 saturated carbocycles. The summed E-state index contributed by atoms with van der Waals surface area (Å²) < 4.78 is 6.95. The Balaban J connectivity index is 2.01. The molecule has 7 nitrogen and oxygen atoms in total. The first-order chi connectivity index (χ1) is 10.2. The third kappa shape index (κ3) is 3.17. The molecule has 21 heavy (non-hydrogen) atoms. The van der Waals surface area contributed by atoms with E-state index in [1.807, 2.05) is 12.1 Å². The van der Waals surface area contributed by atoms with Crippen molar-refractivity contribution in [2.45, 2.75) is 6.54 Å². The number of carbonyl (C=O) groups is 1. The van der Waals surface area contributed by atoms with Crippen molar-refractivity contribution in [3.63, 3.8) is 0 Å². The van der Waals surface area contributed by atoms with Crippen LogP contribution in [0.15, 0.2) is 30.6 Å². The highest BCUT2D eigenvalue weighted by Gasteiger charge is 2.10. The highest BCUT2D eigenvalue weighted by atomic mass is 16.5. The van der Waals surface area contributed by atoms with Gasteiger partial charge in [0.25, 0.3) is 0 Å². The number of ether oxygens (including phenoxy) is 1. The first-order valence-electron chi connectivity index (χ1n) is 5.97. The number of nitriles is 2. The molecule has 0 radical (unpaired) electrons. The first kappa shape index (κ1) is 14.1. The van der Waals surface area contributed by atoms with Crippen LogP contribution in [0.2, 0.25) is 0 Å². The van der Waals surface area contributed by atoms with E-state index in [1.165, 1.54) is 23.0 Å². The second-order valence-corrected chi connectivity index (χ2v) is 4.04. The molecule has 7 heteroatoms. The van der Waals surface area contributed by atoms with E-state index in [0.717, 1.165) is 0 Å². The molecule has 0 unspecified atom stereocenters. The van der Waals surface area contributed by atoms with Crippen molar-refractivity contribution >= 4 is 5.97 Å². The maximum absolute atomic E-state index is 10.8. The van der Waals surface area contributed by atoms with Gasteiger partial charge in [-0.1, -0.05) is 6.07 Å². The SMILES string of the molecule is N#Cc1ncn(CCOc2cccc(C(=O)O)c2)c1C#N. The minimum absolute atomic E-state index is 0.0744. The minimum Gasteiger partial charge on any atom is -0.492 e. The van der Waals surface area contributed by atoms with Gasteiger partial charge < -0.3 is 14.4 Å². The summed E-state index contributed by atoms with van der Waals surface area (Å²) in [6.07, 6.45) is 1.40. The number of carboxylic acid groups (broad SMARTS) is 1. The highest BCUT2D eigenvalue weighted by molar-refractivity contribution is 5.87. The zero-order chi connectivity index (χ0) is 15.2. The van der Waals surface area contributed by atoms with Gasteiger partial charge in [0.2, 0.25) is 0 Å². The van der Waals surface area contributed by atoms with E-state index >= 15 is 0 Å². The van der Waals surface area contributed by atoms with Gasteiger partial charge in [-0.15, -0.1) is 0 Å². The highest BCUT2D eigenvalue weighted by Crippen LogP contribution is 2.13. The summed E-state index contributed by atoms with van der Waals surface area (Å²) in [6, 6.07) is 9.87. The topological polar surface area (TPSA) is 112 Å². The Morgan fingerprint density at radius 3 is 2.86 bits per heavy atom. The molecule has 2 aromatic rings. The number of carboxylic acids is 1. The van der Waals surface area contributed by atoms with Gasteiger partial charge in [-0.25, -0.2) is 9.78 Å².